The van der Waals surface area contributed by atoms with Gasteiger partial charge in [-0.3, -0.25) is 0 Å². The number of rotatable bonds is 4. The van der Waals surface area contributed by atoms with Crippen molar-refractivity contribution in [3.63, 3.8) is 0 Å². The van der Waals surface area contributed by atoms with Crippen molar-refractivity contribution < 1.29 is 0 Å². The first-order chi connectivity index (χ1) is 7.63. The lowest BCUT2D eigenvalue weighted by Crippen LogP contribution is -2.27. The molecule has 0 radical (unpaired) electrons. The first-order valence-corrected chi connectivity index (χ1v) is 6.74. The van der Waals surface area contributed by atoms with Gasteiger partial charge < -0.3 is 10.6 Å². The van der Waals surface area contributed by atoms with E-state index < -0.39 is 0 Å². The molecule has 0 amide bonds. The molecule has 0 saturated heterocycles. The molecule has 1 atom stereocenters. The van der Waals surface area contributed by atoms with Crippen molar-refractivity contribution in [3.05, 3.63) is 28.2 Å². The summed E-state index contributed by atoms with van der Waals surface area (Å²) in [5, 5.41) is 0. The Morgan fingerprint density at radius 3 is 2.69 bits per heavy atom. The number of anilines is 1. The highest BCUT2D eigenvalue weighted by molar-refractivity contribution is 9.10. The summed E-state index contributed by atoms with van der Waals surface area (Å²) in [4.78, 5) is 2.48. The Labute approximate surface area is 106 Å². The molecule has 88 valence electrons. The van der Waals surface area contributed by atoms with Gasteiger partial charge in [0.15, 0.2) is 0 Å². The molecule has 2 rings (SSSR count). The molecular weight excluding hydrogens is 264 g/mol. The molecule has 0 aromatic heterocycles. The third-order valence-electron chi connectivity index (χ3n) is 3.12. The van der Waals surface area contributed by atoms with Crippen LogP contribution >= 0.6 is 15.9 Å². The van der Waals surface area contributed by atoms with Gasteiger partial charge in [-0.2, -0.15) is 0 Å². The number of benzene rings is 1. The van der Waals surface area contributed by atoms with Gasteiger partial charge >= 0.3 is 0 Å². The molecule has 0 aliphatic heterocycles. The Bertz CT molecular complexity index is 372. The van der Waals surface area contributed by atoms with Crippen molar-refractivity contribution in [2.75, 3.05) is 11.4 Å². The van der Waals surface area contributed by atoms with E-state index in [4.69, 9.17) is 5.73 Å². The van der Waals surface area contributed by atoms with E-state index in [0.717, 1.165) is 17.1 Å². The fourth-order valence-electron chi connectivity index (χ4n) is 2.16. The molecule has 16 heavy (non-hydrogen) atoms. The molecule has 1 aliphatic rings. The SMILES string of the molecule is CCN(c1ccc(Br)cc1C(C)N)C1CC1. The summed E-state index contributed by atoms with van der Waals surface area (Å²) in [6, 6.07) is 7.26. The molecule has 0 spiro atoms. The smallest absolute Gasteiger partial charge is 0.0417 e. The van der Waals surface area contributed by atoms with Gasteiger partial charge in [-0.15, -0.1) is 0 Å². The van der Waals surface area contributed by atoms with Crippen molar-refractivity contribution >= 4 is 21.6 Å². The molecule has 1 fully saturated rings. The topological polar surface area (TPSA) is 29.3 Å². The average molecular weight is 283 g/mol. The van der Waals surface area contributed by atoms with Crippen molar-refractivity contribution in [1.29, 1.82) is 0 Å². The van der Waals surface area contributed by atoms with Crippen LogP contribution in [0.3, 0.4) is 0 Å². The highest BCUT2D eigenvalue weighted by Crippen LogP contribution is 2.36. The van der Waals surface area contributed by atoms with Gasteiger partial charge in [0.25, 0.3) is 0 Å². The summed E-state index contributed by atoms with van der Waals surface area (Å²) < 4.78 is 1.11. The van der Waals surface area contributed by atoms with Crippen LogP contribution < -0.4 is 10.6 Å². The van der Waals surface area contributed by atoms with E-state index in [1.165, 1.54) is 24.1 Å². The van der Waals surface area contributed by atoms with E-state index >= 15 is 0 Å². The van der Waals surface area contributed by atoms with Crippen molar-refractivity contribution in [3.8, 4) is 0 Å². The Kier molecular flexibility index (Phi) is 3.55. The van der Waals surface area contributed by atoms with Gasteiger partial charge in [0, 0.05) is 28.8 Å². The predicted octanol–water partition coefficient (Wildman–Crippen LogP) is 3.46. The zero-order valence-corrected chi connectivity index (χ0v) is 11.5. The number of halogens is 1. The van der Waals surface area contributed by atoms with Crippen LogP contribution in [0.2, 0.25) is 0 Å². The van der Waals surface area contributed by atoms with E-state index in [1.54, 1.807) is 0 Å². The molecule has 1 aromatic rings. The molecule has 2 N–H and O–H groups in total. The van der Waals surface area contributed by atoms with Crippen LogP contribution in [-0.4, -0.2) is 12.6 Å². The third-order valence-corrected chi connectivity index (χ3v) is 3.61. The van der Waals surface area contributed by atoms with Crippen LogP contribution in [0, 0.1) is 0 Å². The standard InChI is InChI=1S/C13H19BrN2/c1-3-16(11-5-6-11)13-7-4-10(14)8-12(13)9(2)15/h4,7-9,11H,3,5-6,15H2,1-2H3. The fraction of sp³-hybridized carbons (Fsp3) is 0.538. The highest BCUT2D eigenvalue weighted by Gasteiger charge is 2.29. The van der Waals surface area contributed by atoms with E-state index in [-0.39, 0.29) is 6.04 Å². The second-order valence-corrected chi connectivity index (χ2v) is 5.42. The lowest BCUT2D eigenvalue weighted by Gasteiger charge is -2.27. The van der Waals surface area contributed by atoms with Gasteiger partial charge in [-0.1, -0.05) is 15.9 Å². The normalized spacial score (nSPS) is 17.2. The van der Waals surface area contributed by atoms with Gasteiger partial charge in [0.1, 0.15) is 0 Å². The fourth-order valence-corrected chi connectivity index (χ4v) is 2.54. The summed E-state index contributed by atoms with van der Waals surface area (Å²) >= 11 is 3.51. The molecular formula is C13H19BrN2. The maximum atomic E-state index is 6.05. The van der Waals surface area contributed by atoms with Gasteiger partial charge in [-0.25, -0.2) is 0 Å². The molecule has 3 heteroatoms. The Hall–Kier alpha value is -0.540. The largest absolute Gasteiger partial charge is 0.369 e. The van der Waals surface area contributed by atoms with Gasteiger partial charge in [0.05, 0.1) is 0 Å². The molecule has 0 bridgehead atoms. The predicted molar refractivity (Wildman–Crippen MR) is 72.8 cm³/mol. The zero-order valence-electron chi connectivity index (χ0n) is 9.91. The minimum atomic E-state index is 0.0836. The van der Waals surface area contributed by atoms with Gasteiger partial charge in [0.2, 0.25) is 0 Å². The van der Waals surface area contributed by atoms with Crippen LogP contribution in [-0.2, 0) is 0 Å². The molecule has 2 nitrogen and oxygen atoms in total. The van der Waals surface area contributed by atoms with E-state index in [9.17, 15) is 0 Å². The van der Waals surface area contributed by atoms with E-state index in [1.807, 2.05) is 6.92 Å². The van der Waals surface area contributed by atoms with Crippen LogP contribution in [0.25, 0.3) is 0 Å². The number of hydrogen-bond acceptors (Lipinski definition) is 2. The molecule has 1 saturated carbocycles. The summed E-state index contributed by atoms with van der Waals surface area (Å²) in [5.41, 5.74) is 8.60. The van der Waals surface area contributed by atoms with E-state index in [0.29, 0.717) is 0 Å². The highest BCUT2D eigenvalue weighted by atomic mass is 79.9. The van der Waals surface area contributed by atoms with Crippen molar-refractivity contribution in [2.24, 2.45) is 5.73 Å². The average Bonchev–Trinajstić information content (AvgIpc) is 3.05. The number of nitrogens with two attached hydrogens (primary N) is 1. The first-order valence-electron chi connectivity index (χ1n) is 5.95. The van der Waals surface area contributed by atoms with Crippen LogP contribution in [0.4, 0.5) is 5.69 Å². The van der Waals surface area contributed by atoms with E-state index in [2.05, 4.69) is 46.0 Å². The Morgan fingerprint density at radius 2 is 2.19 bits per heavy atom. The van der Waals surface area contributed by atoms with Crippen molar-refractivity contribution in [2.45, 2.75) is 38.8 Å². The number of hydrogen-bond donors (Lipinski definition) is 1. The second kappa shape index (κ2) is 4.76. The second-order valence-electron chi connectivity index (χ2n) is 4.51. The summed E-state index contributed by atoms with van der Waals surface area (Å²) in [5.74, 6) is 0. The Balaban J connectivity index is 2.37. The number of nitrogens with zero attached hydrogens (tertiary/aromatic N) is 1. The summed E-state index contributed by atoms with van der Waals surface area (Å²) in [7, 11) is 0. The summed E-state index contributed by atoms with van der Waals surface area (Å²) in [6.45, 7) is 5.32. The van der Waals surface area contributed by atoms with Crippen LogP contribution in [0.1, 0.15) is 38.3 Å². The molecule has 1 aliphatic carbocycles. The molecule has 1 aromatic carbocycles. The summed E-state index contributed by atoms with van der Waals surface area (Å²) in [6.07, 6.45) is 2.64. The third kappa shape index (κ3) is 2.41. The monoisotopic (exact) mass is 282 g/mol. The quantitative estimate of drug-likeness (QED) is 0.917. The van der Waals surface area contributed by atoms with Crippen LogP contribution in [0.15, 0.2) is 22.7 Å². The minimum absolute atomic E-state index is 0.0836. The maximum Gasteiger partial charge on any atom is 0.0417 e. The maximum absolute atomic E-state index is 6.05. The lowest BCUT2D eigenvalue weighted by molar-refractivity contribution is 0.775. The van der Waals surface area contributed by atoms with Gasteiger partial charge in [-0.05, 0) is 50.5 Å². The minimum Gasteiger partial charge on any atom is -0.369 e. The first kappa shape index (κ1) is 11.9. The van der Waals surface area contributed by atoms with Crippen LogP contribution in [0.5, 0.6) is 0 Å². The molecule has 0 heterocycles. The molecule has 1 unspecified atom stereocenters. The zero-order chi connectivity index (χ0) is 11.7. The van der Waals surface area contributed by atoms with Crippen molar-refractivity contribution in [1.82, 2.24) is 0 Å². The Morgan fingerprint density at radius 1 is 1.50 bits per heavy atom. The lowest BCUT2D eigenvalue weighted by atomic mass is 10.1.